The monoisotopic (exact) mass is 189 g/mol. The van der Waals surface area contributed by atoms with E-state index in [2.05, 4.69) is 9.66 Å². The highest BCUT2D eigenvalue weighted by atomic mass is 31.2. The minimum Gasteiger partial charge on any atom is -0.405 e. The van der Waals surface area contributed by atoms with Crippen LogP contribution in [-0.4, -0.2) is 16.9 Å². The van der Waals surface area contributed by atoms with Crippen molar-refractivity contribution in [3.63, 3.8) is 0 Å². The van der Waals surface area contributed by atoms with Crippen LogP contribution in [0.5, 0.6) is 5.88 Å². The molecule has 0 fully saturated rings. The van der Waals surface area contributed by atoms with Crippen LogP contribution < -0.4 is 4.52 Å². The van der Waals surface area contributed by atoms with Crippen LogP contribution in [0.1, 0.15) is 0 Å². The highest BCUT2D eigenvalue weighted by Gasteiger charge is 2.18. The molecule has 1 atom stereocenters. The molecule has 1 rings (SSSR count). The number of rotatable bonds is 3. The third-order valence-corrected chi connectivity index (χ3v) is 1.86. The maximum atomic E-state index is 11.0. The summed E-state index contributed by atoms with van der Waals surface area (Å²) >= 11 is 0. The molecule has 0 saturated heterocycles. The number of aromatic nitrogens is 1. The predicted molar refractivity (Wildman–Crippen MR) is 42.1 cm³/mol. The smallest absolute Gasteiger partial charge is 0.404 e. The summed E-state index contributed by atoms with van der Waals surface area (Å²) in [6, 6.07) is 4.86. The first-order valence-electron chi connectivity index (χ1n) is 3.15. The zero-order valence-electron chi connectivity index (χ0n) is 6.38. The summed E-state index contributed by atoms with van der Waals surface area (Å²) in [5.74, 6) is 0.150. The van der Waals surface area contributed by atoms with Crippen molar-refractivity contribution in [2.45, 2.75) is 0 Å². The molecular weight excluding hydrogens is 181 g/mol. The lowest BCUT2D eigenvalue weighted by atomic mass is 10.5. The lowest BCUT2D eigenvalue weighted by molar-refractivity contribution is -0.143. The second-order valence-corrected chi connectivity index (χ2v) is 4.00. The minimum absolute atomic E-state index is 0.150. The molecular formula is C6H8NO4P. The number of hydrogen-bond acceptors (Lipinski definition) is 5. The van der Waals surface area contributed by atoms with Gasteiger partial charge in [-0.2, -0.15) is 0 Å². The maximum Gasteiger partial charge on any atom is 0.404 e. The first kappa shape index (κ1) is 9.19. The van der Waals surface area contributed by atoms with Gasteiger partial charge in [0.25, 0.3) is 0 Å². The molecule has 66 valence electrons. The first-order chi connectivity index (χ1) is 5.64. The van der Waals surface area contributed by atoms with Gasteiger partial charge in [-0.15, -0.1) is 4.67 Å². The largest absolute Gasteiger partial charge is 0.405 e. The van der Waals surface area contributed by atoms with Crippen molar-refractivity contribution in [1.82, 2.24) is 4.98 Å². The van der Waals surface area contributed by atoms with Crippen molar-refractivity contribution in [1.29, 1.82) is 0 Å². The van der Waals surface area contributed by atoms with E-state index in [-0.39, 0.29) is 5.88 Å². The van der Waals surface area contributed by atoms with Crippen molar-refractivity contribution >= 4 is 7.60 Å². The quantitative estimate of drug-likeness (QED) is 0.445. The van der Waals surface area contributed by atoms with Crippen molar-refractivity contribution in [3.05, 3.63) is 24.4 Å². The molecule has 0 aliphatic rings. The summed E-state index contributed by atoms with van der Waals surface area (Å²) in [7, 11) is -3.40. The van der Waals surface area contributed by atoms with Crippen LogP contribution in [0.25, 0.3) is 0 Å². The van der Waals surface area contributed by atoms with Crippen LogP contribution in [0, 0.1) is 0 Å². The fourth-order valence-corrected chi connectivity index (χ4v) is 1.07. The molecule has 1 heterocycles. The van der Waals surface area contributed by atoms with Gasteiger partial charge in [-0.3, -0.25) is 0 Å². The lowest BCUT2D eigenvalue weighted by Crippen LogP contribution is -1.94. The van der Waals surface area contributed by atoms with Gasteiger partial charge in [0.15, 0.2) is 0 Å². The summed E-state index contributed by atoms with van der Waals surface area (Å²) in [6.07, 6.45) is 1.48. The van der Waals surface area contributed by atoms with Crippen LogP contribution >= 0.6 is 7.60 Å². The van der Waals surface area contributed by atoms with Crippen molar-refractivity contribution in [2.75, 3.05) is 6.66 Å². The Kier molecular flexibility index (Phi) is 2.81. The molecule has 0 aliphatic heterocycles. The molecule has 1 aromatic heterocycles. The van der Waals surface area contributed by atoms with E-state index >= 15 is 0 Å². The zero-order chi connectivity index (χ0) is 9.03. The third kappa shape index (κ3) is 2.62. The third-order valence-electron chi connectivity index (χ3n) is 1.05. The molecule has 5 nitrogen and oxygen atoms in total. The second kappa shape index (κ2) is 3.67. The molecule has 0 aliphatic carbocycles. The Balaban J connectivity index is 2.71. The summed E-state index contributed by atoms with van der Waals surface area (Å²) < 4.78 is 19.4. The van der Waals surface area contributed by atoms with Crippen LogP contribution in [0.2, 0.25) is 0 Å². The minimum atomic E-state index is -3.40. The Hall–Kier alpha value is -0.900. The summed E-state index contributed by atoms with van der Waals surface area (Å²) in [5.41, 5.74) is 0. The highest BCUT2D eigenvalue weighted by molar-refractivity contribution is 7.53. The first-order valence-corrected chi connectivity index (χ1v) is 5.14. The molecule has 0 spiro atoms. The SMILES string of the molecule is CP(=O)(OO)Oc1ccccn1. The second-order valence-electron chi connectivity index (χ2n) is 2.11. The molecule has 0 bridgehead atoms. The number of pyridine rings is 1. The Morgan fingerprint density at radius 1 is 1.58 bits per heavy atom. The van der Waals surface area contributed by atoms with Crippen LogP contribution in [0.3, 0.4) is 0 Å². The molecule has 1 aromatic rings. The average Bonchev–Trinajstić information content (AvgIpc) is 2.06. The molecule has 1 N–H and O–H groups in total. The van der Waals surface area contributed by atoms with Gasteiger partial charge in [-0.1, -0.05) is 6.07 Å². The lowest BCUT2D eigenvalue weighted by Gasteiger charge is -2.08. The van der Waals surface area contributed by atoms with Gasteiger partial charge in [0.2, 0.25) is 5.88 Å². The zero-order valence-corrected chi connectivity index (χ0v) is 7.27. The fourth-order valence-electron chi connectivity index (χ4n) is 0.588. The van der Waals surface area contributed by atoms with Gasteiger partial charge in [0, 0.05) is 12.3 Å². The summed E-state index contributed by atoms with van der Waals surface area (Å²) in [6.45, 7) is 1.14. The Morgan fingerprint density at radius 2 is 2.33 bits per heavy atom. The summed E-state index contributed by atoms with van der Waals surface area (Å²) in [5, 5.41) is 8.14. The molecule has 0 aromatic carbocycles. The highest BCUT2D eigenvalue weighted by Crippen LogP contribution is 2.42. The van der Waals surface area contributed by atoms with Crippen molar-refractivity contribution in [3.8, 4) is 5.88 Å². The Bertz CT molecular complexity index is 289. The van der Waals surface area contributed by atoms with E-state index in [0.29, 0.717) is 0 Å². The maximum absolute atomic E-state index is 11.0. The van der Waals surface area contributed by atoms with Gasteiger partial charge in [0.05, 0.1) is 6.66 Å². The summed E-state index contributed by atoms with van der Waals surface area (Å²) in [4.78, 5) is 3.73. The van der Waals surface area contributed by atoms with Crippen LogP contribution in [0.15, 0.2) is 24.4 Å². The van der Waals surface area contributed by atoms with E-state index in [1.807, 2.05) is 0 Å². The predicted octanol–water partition coefficient (Wildman–Crippen LogP) is 1.77. The van der Waals surface area contributed by atoms with E-state index in [4.69, 9.17) is 9.78 Å². The number of hydrogen-bond donors (Lipinski definition) is 1. The molecule has 0 saturated carbocycles. The van der Waals surface area contributed by atoms with Crippen LogP contribution in [0.4, 0.5) is 0 Å². The molecule has 12 heavy (non-hydrogen) atoms. The topological polar surface area (TPSA) is 68.7 Å². The molecule has 0 amide bonds. The van der Waals surface area contributed by atoms with Gasteiger partial charge in [-0.25, -0.2) is 14.8 Å². The Morgan fingerprint density at radius 3 is 2.83 bits per heavy atom. The van der Waals surface area contributed by atoms with Crippen molar-refractivity contribution < 1.29 is 19.0 Å². The average molecular weight is 189 g/mol. The van der Waals surface area contributed by atoms with E-state index < -0.39 is 7.60 Å². The van der Waals surface area contributed by atoms with Gasteiger partial charge in [0.1, 0.15) is 0 Å². The van der Waals surface area contributed by atoms with Crippen LogP contribution in [-0.2, 0) is 9.24 Å². The van der Waals surface area contributed by atoms with E-state index in [9.17, 15) is 4.57 Å². The van der Waals surface area contributed by atoms with E-state index in [1.54, 1.807) is 12.1 Å². The standard InChI is InChI=1S/C6H8NO4P/c1-12(9,11-8)10-6-4-2-3-5-7-6/h2-5,8H,1H3. The van der Waals surface area contributed by atoms with E-state index in [1.165, 1.54) is 12.3 Å². The van der Waals surface area contributed by atoms with Crippen molar-refractivity contribution in [2.24, 2.45) is 0 Å². The van der Waals surface area contributed by atoms with Gasteiger partial charge >= 0.3 is 7.60 Å². The molecule has 0 radical (unpaired) electrons. The Labute approximate surface area is 69.4 Å². The fraction of sp³-hybridized carbons (Fsp3) is 0.167. The normalized spacial score (nSPS) is 15.2. The number of nitrogens with zero attached hydrogens (tertiary/aromatic N) is 1. The van der Waals surface area contributed by atoms with E-state index in [0.717, 1.165) is 6.66 Å². The van der Waals surface area contributed by atoms with Gasteiger partial charge in [-0.05, 0) is 6.07 Å². The van der Waals surface area contributed by atoms with Gasteiger partial charge < -0.3 is 4.52 Å². The molecule has 1 unspecified atom stereocenters. The molecule has 6 heteroatoms.